The van der Waals surface area contributed by atoms with Gasteiger partial charge in [0.1, 0.15) is 23.9 Å². The average molecular weight is 269 g/mol. The van der Waals surface area contributed by atoms with Crippen molar-refractivity contribution in [3.8, 4) is 12.1 Å². The van der Waals surface area contributed by atoms with Gasteiger partial charge in [0.15, 0.2) is 0 Å². The number of amides is 1. The summed E-state index contributed by atoms with van der Waals surface area (Å²) in [6, 6.07) is 6.45. The van der Waals surface area contributed by atoms with Gasteiger partial charge in [0, 0.05) is 0 Å². The van der Waals surface area contributed by atoms with Crippen LogP contribution >= 0.6 is 23.2 Å². The van der Waals surface area contributed by atoms with Gasteiger partial charge in [-0.2, -0.15) is 10.5 Å². The minimum absolute atomic E-state index is 0.0651. The molecule has 17 heavy (non-hydrogen) atoms. The molecule has 0 aromatic carbocycles. The van der Waals surface area contributed by atoms with E-state index in [1.807, 2.05) is 0 Å². The van der Waals surface area contributed by atoms with Crippen LogP contribution in [0, 0.1) is 22.7 Å². The maximum Gasteiger partial charge on any atom is 0.275 e. The van der Waals surface area contributed by atoms with Crippen molar-refractivity contribution in [2.24, 2.45) is 0 Å². The zero-order chi connectivity index (χ0) is 12.8. The highest BCUT2D eigenvalue weighted by Gasteiger charge is 2.19. The van der Waals surface area contributed by atoms with Crippen LogP contribution in [0.3, 0.4) is 0 Å². The molecule has 0 aliphatic heterocycles. The smallest absolute Gasteiger partial charge is 0.275 e. The van der Waals surface area contributed by atoms with Crippen molar-refractivity contribution in [3.63, 3.8) is 0 Å². The van der Waals surface area contributed by atoms with Gasteiger partial charge in [-0.15, -0.1) is 0 Å². The van der Waals surface area contributed by atoms with Crippen molar-refractivity contribution >= 4 is 29.1 Å². The van der Waals surface area contributed by atoms with Crippen LogP contribution in [0.2, 0.25) is 10.2 Å². The Morgan fingerprint density at radius 3 is 2.41 bits per heavy atom. The Kier molecular flexibility index (Phi) is 4.71. The van der Waals surface area contributed by atoms with Crippen molar-refractivity contribution in [2.75, 3.05) is 13.1 Å². The quantitative estimate of drug-likeness (QED) is 0.619. The van der Waals surface area contributed by atoms with Gasteiger partial charge >= 0.3 is 0 Å². The van der Waals surface area contributed by atoms with Crippen molar-refractivity contribution in [1.29, 1.82) is 10.5 Å². The van der Waals surface area contributed by atoms with E-state index in [0.717, 1.165) is 4.90 Å². The highest BCUT2D eigenvalue weighted by molar-refractivity contribution is 6.34. The molecule has 0 aliphatic carbocycles. The van der Waals surface area contributed by atoms with Crippen LogP contribution in [0.4, 0.5) is 0 Å². The lowest BCUT2D eigenvalue weighted by Crippen LogP contribution is -2.32. The number of nitriles is 2. The van der Waals surface area contributed by atoms with E-state index in [4.69, 9.17) is 33.7 Å². The van der Waals surface area contributed by atoms with Gasteiger partial charge in [0.05, 0.1) is 17.2 Å². The van der Waals surface area contributed by atoms with Gasteiger partial charge in [-0.25, -0.2) is 4.98 Å². The van der Waals surface area contributed by atoms with Crippen LogP contribution in [-0.4, -0.2) is 28.9 Å². The highest BCUT2D eigenvalue weighted by Crippen LogP contribution is 2.18. The van der Waals surface area contributed by atoms with Crippen LogP contribution in [-0.2, 0) is 0 Å². The second-order valence-corrected chi connectivity index (χ2v) is 3.74. The first-order valence-corrected chi connectivity index (χ1v) is 5.21. The Bertz CT molecular complexity index is 502. The molecule has 0 spiro atoms. The van der Waals surface area contributed by atoms with Gasteiger partial charge in [-0.05, 0) is 12.1 Å². The molecule has 1 rings (SSSR count). The molecule has 1 amide bonds. The molecule has 0 unspecified atom stereocenters. The lowest BCUT2D eigenvalue weighted by Gasteiger charge is -2.15. The summed E-state index contributed by atoms with van der Waals surface area (Å²) in [5, 5.41) is 17.3. The molecule has 0 aliphatic rings. The third-order valence-electron chi connectivity index (χ3n) is 1.82. The second kappa shape index (κ2) is 6.05. The number of hydrogen-bond acceptors (Lipinski definition) is 4. The number of carbonyl (C=O) groups excluding carboxylic acids is 1. The topological polar surface area (TPSA) is 80.8 Å². The monoisotopic (exact) mass is 268 g/mol. The predicted octanol–water partition coefficient (Wildman–Crippen LogP) is 1.88. The fourth-order valence-corrected chi connectivity index (χ4v) is 1.42. The lowest BCUT2D eigenvalue weighted by atomic mass is 10.3. The van der Waals surface area contributed by atoms with Gasteiger partial charge in [0.2, 0.25) is 0 Å². The minimum Gasteiger partial charge on any atom is -0.311 e. The molecule has 7 heteroatoms. The summed E-state index contributed by atoms with van der Waals surface area (Å²) in [6.45, 7) is -0.423. The van der Waals surface area contributed by atoms with E-state index in [2.05, 4.69) is 4.98 Å². The Labute approximate surface area is 108 Å². The fraction of sp³-hybridized carbons (Fsp3) is 0.200. The Morgan fingerprint density at radius 2 is 1.88 bits per heavy atom. The molecule has 0 bridgehead atoms. The van der Waals surface area contributed by atoms with Crippen molar-refractivity contribution in [2.45, 2.75) is 0 Å². The second-order valence-electron chi connectivity index (χ2n) is 2.94. The molecule has 0 N–H and O–H groups in total. The number of halogens is 2. The van der Waals surface area contributed by atoms with E-state index in [-0.39, 0.29) is 29.0 Å². The first-order valence-electron chi connectivity index (χ1n) is 4.45. The molecule has 0 fully saturated rings. The molecule has 0 atom stereocenters. The summed E-state index contributed by atoms with van der Waals surface area (Å²) in [5.41, 5.74) is -0.0651. The normalized spacial score (nSPS) is 9.18. The highest BCUT2D eigenvalue weighted by atomic mass is 35.5. The molecular formula is C10H6Cl2N4O. The molecule has 1 aromatic heterocycles. The van der Waals surface area contributed by atoms with E-state index in [1.165, 1.54) is 12.1 Å². The summed E-state index contributed by atoms with van der Waals surface area (Å²) in [7, 11) is 0. The standard InChI is InChI=1S/C10H6Cl2N4O/c11-7-1-2-8(12)15-9(7)10(17)16(5-3-13)6-4-14/h1-2H,5-6H2. The van der Waals surface area contributed by atoms with Gasteiger partial charge < -0.3 is 4.90 Å². The summed E-state index contributed by atoms with van der Waals surface area (Å²) < 4.78 is 0. The molecule has 0 saturated carbocycles. The zero-order valence-corrected chi connectivity index (χ0v) is 10.0. The average Bonchev–Trinajstić information content (AvgIpc) is 2.31. The Hall–Kier alpha value is -1.82. The summed E-state index contributed by atoms with van der Waals surface area (Å²) in [4.78, 5) is 16.7. The van der Waals surface area contributed by atoms with E-state index in [9.17, 15) is 4.79 Å². The zero-order valence-electron chi connectivity index (χ0n) is 8.52. The maximum atomic E-state index is 11.9. The number of nitrogens with zero attached hydrogens (tertiary/aromatic N) is 4. The van der Waals surface area contributed by atoms with Gasteiger partial charge in [0.25, 0.3) is 5.91 Å². The SMILES string of the molecule is N#CCN(CC#N)C(=O)c1nc(Cl)ccc1Cl. The van der Waals surface area contributed by atoms with Crippen molar-refractivity contribution in [1.82, 2.24) is 9.88 Å². The Balaban J connectivity index is 3.06. The van der Waals surface area contributed by atoms with E-state index in [1.54, 1.807) is 12.1 Å². The van der Waals surface area contributed by atoms with E-state index < -0.39 is 5.91 Å². The molecule has 5 nitrogen and oxygen atoms in total. The van der Waals surface area contributed by atoms with Crippen LogP contribution in [0.5, 0.6) is 0 Å². The molecule has 0 saturated heterocycles. The largest absolute Gasteiger partial charge is 0.311 e. The maximum absolute atomic E-state index is 11.9. The van der Waals surface area contributed by atoms with Crippen LogP contribution in [0.1, 0.15) is 10.5 Å². The predicted molar refractivity (Wildman–Crippen MR) is 61.4 cm³/mol. The first-order chi connectivity index (χ1) is 8.10. The fourth-order valence-electron chi connectivity index (χ4n) is 1.09. The Morgan fingerprint density at radius 1 is 1.29 bits per heavy atom. The van der Waals surface area contributed by atoms with Crippen LogP contribution in [0.25, 0.3) is 0 Å². The number of pyridine rings is 1. The number of rotatable bonds is 3. The van der Waals surface area contributed by atoms with Crippen molar-refractivity contribution in [3.05, 3.63) is 28.0 Å². The molecular weight excluding hydrogens is 263 g/mol. The number of hydrogen-bond donors (Lipinski definition) is 0. The third-order valence-corrected chi connectivity index (χ3v) is 2.34. The molecule has 1 aromatic rings. The van der Waals surface area contributed by atoms with Gasteiger partial charge in [-0.1, -0.05) is 23.2 Å². The number of aromatic nitrogens is 1. The number of carbonyl (C=O) groups is 1. The minimum atomic E-state index is -0.597. The molecule has 1 heterocycles. The summed E-state index contributed by atoms with van der Waals surface area (Å²) in [6.07, 6.45) is 0. The van der Waals surface area contributed by atoms with E-state index >= 15 is 0 Å². The third kappa shape index (κ3) is 3.32. The summed E-state index contributed by atoms with van der Waals surface area (Å²) in [5.74, 6) is -0.597. The van der Waals surface area contributed by atoms with E-state index in [0.29, 0.717) is 0 Å². The van der Waals surface area contributed by atoms with Crippen molar-refractivity contribution < 1.29 is 4.79 Å². The van der Waals surface area contributed by atoms with Crippen LogP contribution < -0.4 is 0 Å². The lowest BCUT2D eigenvalue weighted by molar-refractivity contribution is 0.0789. The molecule has 0 radical (unpaired) electrons. The van der Waals surface area contributed by atoms with Crippen LogP contribution in [0.15, 0.2) is 12.1 Å². The summed E-state index contributed by atoms with van der Waals surface area (Å²) >= 11 is 11.5. The van der Waals surface area contributed by atoms with Gasteiger partial charge in [-0.3, -0.25) is 4.79 Å². The molecule has 86 valence electrons. The first kappa shape index (κ1) is 13.2.